The maximum absolute atomic E-state index is 5.64. The monoisotopic (exact) mass is 149 g/mol. The van der Waals surface area contributed by atoms with Crippen LogP contribution < -0.4 is 5.73 Å². The van der Waals surface area contributed by atoms with Gasteiger partial charge in [0.05, 0.1) is 5.69 Å². The Morgan fingerprint density at radius 3 is 3.18 bits per heavy atom. The topological polar surface area (TPSA) is 69.1 Å². The van der Waals surface area contributed by atoms with Gasteiger partial charge in [0.15, 0.2) is 0 Å². The molecule has 0 atom stereocenters. The van der Waals surface area contributed by atoms with Crippen LogP contribution >= 0.6 is 0 Å². The van der Waals surface area contributed by atoms with E-state index < -0.39 is 0 Å². The van der Waals surface area contributed by atoms with Gasteiger partial charge in [-0.1, -0.05) is 0 Å². The van der Waals surface area contributed by atoms with Gasteiger partial charge in [0, 0.05) is 6.20 Å². The minimum Gasteiger partial charge on any atom is -0.396 e. The first-order chi connectivity index (χ1) is 5.27. The van der Waals surface area contributed by atoms with Crippen molar-refractivity contribution in [2.75, 3.05) is 5.73 Å². The lowest BCUT2D eigenvalue weighted by Crippen LogP contribution is -1.94. The molecule has 2 heterocycles. The Hall–Kier alpha value is -1.65. The highest BCUT2D eigenvalue weighted by Gasteiger charge is 2.00. The minimum atomic E-state index is 0.606. The second-order valence-corrected chi connectivity index (χ2v) is 2.42. The zero-order valence-electron chi connectivity index (χ0n) is 6.02. The van der Waals surface area contributed by atoms with Gasteiger partial charge in [0.25, 0.3) is 0 Å². The third-order valence-electron chi connectivity index (χ3n) is 1.46. The number of aromatic nitrogens is 4. The molecule has 0 spiro atoms. The Kier molecular flexibility index (Phi) is 1.06. The summed E-state index contributed by atoms with van der Waals surface area (Å²) >= 11 is 0. The number of aryl methyl sites for hydroxylation is 1. The van der Waals surface area contributed by atoms with E-state index in [1.165, 1.54) is 0 Å². The number of hydrogen-bond acceptors (Lipinski definition) is 4. The highest BCUT2D eigenvalue weighted by molar-refractivity contribution is 5.63. The van der Waals surface area contributed by atoms with Crippen LogP contribution in [0.4, 0.5) is 5.69 Å². The van der Waals surface area contributed by atoms with E-state index in [1.807, 2.05) is 19.2 Å². The number of hydrogen-bond donors (Lipinski definition) is 1. The number of tetrazole rings is 1. The maximum Gasteiger partial charge on any atom is 0.202 e. The number of nitrogen functional groups attached to an aromatic ring is 1. The van der Waals surface area contributed by atoms with Crippen LogP contribution in [-0.2, 0) is 0 Å². The summed E-state index contributed by atoms with van der Waals surface area (Å²) in [5.41, 5.74) is 7.90. The van der Waals surface area contributed by atoms with Crippen LogP contribution in [0.5, 0.6) is 0 Å². The molecule has 0 unspecified atom stereocenters. The average Bonchev–Trinajstić information content (AvgIpc) is 2.34. The van der Waals surface area contributed by atoms with Gasteiger partial charge in [-0.05, 0) is 29.0 Å². The van der Waals surface area contributed by atoms with Gasteiger partial charge < -0.3 is 5.73 Å². The molecule has 0 saturated heterocycles. The molecule has 0 aliphatic rings. The predicted octanol–water partition coefficient (Wildman–Crippen LogP) is 0.0149. The normalized spacial score (nSPS) is 10.6. The molecule has 2 aromatic heterocycles. The summed E-state index contributed by atoms with van der Waals surface area (Å²) in [6.45, 7) is 1.94. The molecular formula is C6H7N5. The number of rotatable bonds is 0. The standard InChI is InChI=1S/C6H7N5/c1-4-2-5(7)6-8-9-10-11(6)3-4/h2-3H,7H2,1H3. The van der Waals surface area contributed by atoms with Gasteiger partial charge in [0.2, 0.25) is 5.65 Å². The van der Waals surface area contributed by atoms with Gasteiger partial charge in [-0.15, -0.1) is 5.10 Å². The second kappa shape index (κ2) is 1.91. The van der Waals surface area contributed by atoms with Crippen molar-refractivity contribution in [2.45, 2.75) is 6.92 Å². The number of pyridine rings is 1. The van der Waals surface area contributed by atoms with Crippen LogP contribution in [0.1, 0.15) is 5.56 Å². The molecule has 0 aliphatic carbocycles. The number of fused-ring (bicyclic) bond motifs is 1. The highest BCUT2D eigenvalue weighted by atomic mass is 15.5. The van der Waals surface area contributed by atoms with E-state index in [0.29, 0.717) is 11.3 Å². The van der Waals surface area contributed by atoms with Gasteiger partial charge in [-0.25, -0.2) is 0 Å². The van der Waals surface area contributed by atoms with E-state index in [2.05, 4.69) is 15.5 Å². The van der Waals surface area contributed by atoms with E-state index in [4.69, 9.17) is 5.73 Å². The molecular weight excluding hydrogens is 142 g/mol. The van der Waals surface area contributed by atoms with Gasteiger partial charge >= 0.3 is 0 Å². The van der Waals surface area contributed by atoms with Gasteiger partial charge in [0.1, 0.15) is 0 Å². The molecule has 0 amide bonds. The van der Waals surface area contributed by atoms with E-state index in [-0.39, 0.29) is 0 Å². The van der Waals surface area contributed by atoms with Gasteiger partial charge in [-0.2, -0.15) is 4.52 Å². The lowest BCUT2D eigenvalue weighted by molar-refractivity contribution is 0.821. The molecule has 11 heavy (non-hydrogen) atoms. The maximum atomic E-state index is 5.64. The van der Waals surface area contributed by atoms with Crippen molar-refractivity contribution in [3.05, 3.63) is 17.8 Å². The van der Waals surface area contributed by atoms with Crippen LogP contribution in [0.2, 0.25) is 0 Å². The molecule has 0 aliphatic heterocycles. The number of anilines is 1. The average molecular weight is 149 g/mol. The fraction of sp³-hybridized carbons (Fsp3) is 0.167. The van der Waals surface area contributed by atoms with Crippen molar-refractivity contribution < 1.29 is 0 Å². The lowest BCUT2D eigenvalue weighted by Gasteiger charge is -1.96. The first-order valence-electron chi connectivity index (χ1n) is 3.21. The number of nitrogens with two attached hydrogens (primary N) is 1. The third kappa shape index (κ3) is 0.813. The molecule has 2 aromatic rings. The summed E-state index contributed by atoms with van der Waals surface area (Å²) in [5.74, 6) is 0. The molecule has 2 N–H and O–H groups in total. The third-order valence-corrected chi connectivity index (χ3v) is 1.46. The van der Waals surface area contributed by atoms with Crippen molar-refractivity contribution >= 4 is 11.3 Å². The molecule has 0 fully saturated rings. The van der Waals surface area contributed by atoms with Crippen molar-refractivity contribution in [3.8, 4) is 0 Å². The molecule has 0 aromatic carbocycles. The largest absolute Gasteiger partial charge is 0.396 e. The first kappa shape index (κ1) is 6.09. The van der Waals surface area contributed by atoms with Crippen LogP contribution in [-0.4, -0.2) is 20.0 Å². The molecule has 0 bridgehead atoms. The fourth-order valence-electron chi connectivity index (χ4n) is 1.01. The molecule has 56 valence electrons. The summed E-state index contributed by atoms with van der Waals surface area (Å²) in [6.07, 6.45) is 1.83. The van der Waals surface area contributed by atoms with E-state index in [0.717, 1.165) is 5.56 Å². The van der Waals surface area contributed by atoms with E-state index in [9.17, 15) is 0 Å². The highest BCUT2D eigenvalue weighted by Crippen LogP contribution is 2.10. The van der Waals surface area contributed by atoms with Gasteiger partial charge in [-0.3, -0.25) is 0 Å². The summed E-state index contributed by atoms with van der Waals surface area (Å²) in [4.78, 5) is 0. The minimum absolute atomic E-state index is 0.606. The summed E-state index contributed by atoms with van der Waals surface area (Å²) in [6, 6.07) is 1.84. The Bertz CT molecular complexity index is 391. The Morgan fingerprint density at radius 2 is 2.36 bits per heavy atom. The predicted molar refractivity (Wildman–Crippen MR) is 39.9 cm³/mol. The van der Waals surface area contributed by atoms with Crippen LogP contribution in [0.3, 0.4) is 0 Å². The molecule has 5 heteroatoms. The second-order valence-electron chi connectivity index (χ2n) is 2.42. The quantitative estimate of drug-likeness (QED) is 0.573. The first-order valence-corrected chi connectivity index (χ1v) is 3.21. The van der Waals surface area contributed by atoms with Crippen molar-refractivity contribution in [1.29, 1.82) is 0 Å². The molecule has 2 rings (SSSR count). The molecule has 0 radical (unpaired) electrons. The lowest BCUT2D eigenvalue weighted by atomic mass is 10.3. The summed E-state index contributed by atoms with van der Waals surface area (Å²) in [5, 5.41) is 10.9. The van der Waals surface area contributed by atoms with Crippen LogP contribution in [0, 0.1) is 6.92 Å². The Balaban J connectivity index is 2.91. The summed E-state index contributed by atoms with van der Waals surface area (Å²) < 4.78 is 1.56. The van der Waals surface area contributed by atoms with E-state index in [1.54, 1.807) is 4.52 Å². The molecule has 5 nitrogen and oxygen atoms in total. The number of nitrogens with zero attached hydrogens (tertiary/aromatic N) is 4. The fourth-order valence-corrected chi connectivity index (χ4v) is 1.01. The zero-order valence-corrected chi connectivity index (χ0v) is 6.02. The van der Waals surface area contributed by atoms with Crippen molar-refractivity contribution in [3.63, 3.8) is 0 Å². The Morgan fingerprint density at radius 1 is 1.55 bits per heavy atom. The zero-order chi connectivity index (χ0) is 7.84. The van der Waals surface area contributed by atoms with Crippen LogP contribution in [0.25, 0.3) is 5.65 Å². The van der Waals surface area contributed by atoms with Crippen molar-refractivity contribution in [1.82, 2.24) is 20.0 Å². The van der Waals surface area contributed by atoms with E-state index >= 15 is 0 Å². The SMILES string of the molecule is Cc1cc(N)c2nnnn2c1. The molecule has 0 saturated carbocycles. The van der Waals surface area contributed by atoms with Crippen LogP contribution in [0.15, 0.2) is 12.3 Å². The summed E-state index contributed by atoms with van der Waals surface area (Å²) in [7, 11) is 0. The van der Waals surface area contributed by atoms with Crippen molar-refractivity contribution in [2.24, 2.45) is 0 Å². The smallest absolute Gasteiger partial charge is 0.202 e. The Labute approximate surface area is 62.8 Å².